The highest BCUT2D eigenvalue weighted by molar-refractivity contribution is 5.94. The summed E-state index contributed by atoms with van der Waals surface area (Å²) in [5.41, 5.74) is 5.20. The third-order valence-electron chi connectivity index (χ3n) is 4.61. The average molecular weight is 295 g/mol. The van der Waals surface area contributed by atoms with Gasteiger partial charge >= 0.3 is 17.4 Å². The highest BCUT2D eigenvalue weighted by Gasteiger charge is 2.33. The van der Waals surface area contributed by atoms with Crippen molar-refractivity contribution >= 4 is 11.7 Å². The van der Waals surface area contributed by atoms with Gasteiger partial charge in [-0.3, -0.25) is 9.42 Å². The van der Waals surface area contributed by atoms with Crippen molar-refractivity contribution in [3.05, 3.63) is 10.9 Å². The average Bonchev–Trinajstić information content (AvgIpc) is 2.84. The summed E-state index contributed by atoms with van der Waals surface area (Å²) in [7, 11) is 0. The van der Waals surface area contributed by atoms with Crippen molar-refractivity contribution in [1.82, 2.24) is 15.4 Å². The van der Waals surface area contributed by atoms with Crippen molar-refractivity contribution in [3.8, 4) is 0 Å². The summed E-state index contributed by atoms with van der Waals surface area (Å²) < 4.78 is 4.31. The number of anilines is 1. The Morgan fingerprint density at radius 2 is 2.24 bits per heavy atom. The van der Waals surface area contributed by atoms with E-state index in [1.165, 1.54) is 19.3 Å². The number of carbonyl (C=O) groups is 1. The third kappa shape index (κ3) is 2.80. The van der Waals surface area contributed by atoms with E-state index in [4.69, 9.17) is 5.73 Å². The number of fused-ring (bicyclic) bond motifs is 1. The second-order valence-electron chi connectivity index (χ2n) is 5.88. The molecular formula is C13H21N5O3. The van der Waals surface area contributed by atoms with E-state index in [-0.39, 0.29) is 16.4 Å². The number of hydrogen-bond acceptors (Lipinski definition) is 6. The summed E-state index contributed by atoms with van der Waals surface area (Å²) in [6.45, 7) is 2.88. The molecule has 0 radical (unpaired) electrons. The molecule has 2 saturated heterocycles. The fourth-order valence-electron chi connectivity index (χ4n) is 3.58. The van der Waals surface area contributed by atoms with Gasteiger partial charge in [0.15, 0.2) is 0 Å². The lowest BCUT2D eigenvalue weighted by Crippen LogP contribution is -2.51. The maximum Gasteiger partial charge on any atom is 0.318 e. The second-order valence-corrected chi connectivity index (χ2v) is 5.88. The molecule has 3 heterocycles. The Morgan fingerprint density at radius 1 is 1.43 bits per heavy atom. The highest BCUT2D eigenvalue weighted by atomic mass is 16.8. The van der Waals surface area contributed by atoms with Gasteiger partial charge in [-0.25, -0.2) is 0 Å². The van der Waals surface area contributed by atoms with Crippen LogP contribution < -0.4 is 16.0 Å². The van der Waals surface area contributed by atoms with Crippen molar-refractivity contribution in [2.45, 2.75) is 38.1 Å². The van der Waals surface area contributed by atoms with E-state index in [0.717, 1.165) is 25.9 Å². The Balaban J connectivity index is 1.60. The topological polar surface area (TPSA) is 111 Å². The molecule has 1 aromatic heterocycles. The minimum Gasteiger partial charge on any atom is -0.359 e. The molecule has 0 aliphatic carbocycles. The van der Waals surface area contributed by atoms with Gasteiger partial charge in [0.1, 0.15) is 0 Å². The maximum atomic E-state index is 12.0. The molecule has 116 valence electrons. The molecule has 2 aliphatic heterocycles. The monoisotopic (exact) mass is 295 g/mol. The fraction of sp³-hybridized carbons (Fsp3) is 0.769. The van der Waals surface area contributed by atoms with Gasteiger partial charge < -0.3 is 21.2 Å². The zero-order valence-corrected chi connectivity index (χ0v) is 12.0. The summed E-state index contributed by atoms with van der Waals surface area (Å²) in [4.78, 5) is 14.6. The predicted molar refractivity (Wildman–Crippen MR) is 74.1 cm³/mol. The Bertz CT molecular complexity index is 496. The van der Waals surface area contributed by atoms with Crippen LogP contribution in [0, 0.1) is 11.1 Å². The first-order valence-electron chi connectivity index (χ1n) is 7.54. The quantitative estimate of drug-likeness (QED) is 0.752. The first-order valence-corrected chi connectivity index (χ1v) is 7.54. The van der Waals surface area contributed by atoms with Crippen LogP contribution in [0.3, 0.4) is 0 Å². The normalized spacial score (nSPS) is 26.3. The molecule has 1 aromatic rings. The van der Waals surface area contributed by atoms with E-state index in [0.29, 0.717) is 18.5 Å². The molecular weight excluding hydrogens is 274 g/mol. The van der Waals surface area contributed by atoms with Crippen molar-refractivity contribution in [3.63, 3.8) is 0 Å². The van der Waals surface area contributed by atoms with Crippen molar-refractivity contribution in [2.24, 2.45) is 5.92 Å². The largest absolute Gasteiger partial charge is 0.359 e. The SMILES string of the molecule is Nc1no[n+]([O-])c1C(=O)NC[C@@H]1CCCN2CCCC[C@@H]12. The van der Waals surface area contributed by atoms with Gasteiger partial charge in [-0.05, 0) is 49.6 Å². The van der Waals surface area contributed by atoms with Crippen LogP contribution in [0.1, 0.15) is 42.6 Å². The summed E-state index contributed by atoms with van der Waals surface area (Å²) in [6, 6.07) is 0.548. The molecule has 1 amide bonds. The first-order chi connectivity index (χ1) is 10.2. The lowest BCUT2D eigenvalue weighted by atomic mass is 9.83. The van der Waals surface area contributed by atoms with Crippen molar-refractivity contribution in [1.29, 1.82) is 0 Å². The molecule has 0 spiro atoms. The van der Waals surface area contributed by atoms with E-state index < -0.39 is 5.91 Å². The second kappa shape index (κ2) is 5.88. The molecule has 0 unspecified atom stereocenters. The van der Waals surface area contributed by atoms with E-state index in [1.807, 2.05) is 0 Å². The van der Waals surface area contributed by atoms with E-state index in [9.17, 15) is 10.0 Å². The molecule has 2 fully saturated rings. The number of hydrogen-bond donors (Lipinski definition) is 2. The van der Waals surface area contributed by atoms with Crippen LogP contribution >= 0.6 is 0 Å². The Kier molecular flexibility index (Phi) is 3.96. The predicted octanol–water partition coefficient (Wildman–Crippen LogP) is -0.115. The minimum atomic E-state index is -0.517. The molecule has 8 heteroatoms. The number of nitrogens with one attached hydrogen (secondary N) is 1. The van der Waals surface area contributed by atoms with Crippen LogP contribution in [0.4, 0.5) is 5.82 Å². The molecule has 0 aromatic carbocycles. The zero-order valence-electron chi connectivity index (χ0n) is 12.0. The first kappa shape index (κ1) is 14.1. The smallest absolute Gasteiger partial charge is 0.318 e. The van der Waals surface area contributed by atoms with Crippen LogP contribution in [0.15, 0.2) is 4.63 Å². The molecule has 8 nitrogen and oxygen atoms in total. The lowest BCUT2D eigenvalue weighted by Gasteiger charge is -2.44. The van der Waals surface area contributed by atoms with E-state index >= 15 is 0 Å². The molecule has 2 atom stereocenters. The number of amides is 1. The Hall–Kier alpha value is -1.83. The van der Waals surface area contributed by atoms with Crippen LogP contribution in [0.2, 0.25) is 0 Å². The number of nitrogens with zero attached hydrogens (tertiary/aromatic N) is 3. The molecule has 3 N–H and O–H groups in total. The van der Waals surface area contributed by atoms with Gasteiger partial charge in [0.2, 0.25) is 0 Å². The lowest BCUT2D eigenvalue weighted by molar-refractivity contribution is -0.803. The number of nitrogens with two attached hydrogens (primary N) is 1. The van der Waals surface area contributed by atoms with E-state index in [2.05, 4.69) is 20.0 Å². The molecule has 0 bridgehead atoms. The van der Waals surface area contributed by atoms with Gasteiger partial charge in [-0.1, -0.05) is 6.42 Å². The number of aromatic nitrogens is 2. The Morgan fingerprint density at radius 3 is 3.00 bits per heavy atom. The number of carbonyl (C=O) groups excluding carboxylic acids is 1. The van der Waals surface area contributed by atoms with Crippen LogP contribution in [-0.2, 0) is 0 Å². The van der Waals surface area contributed by atoms with Crippen molar-refractivity contribution in [2.75, 3.05) is 25.4 Å². The number of piperidine rings is 2. The summed E-state index contributed by atoms with van der Waals surface area (Å²) in [5.74, 6) is -0.258. The summed E-state index contributed by atoms with van der Waals surface area (Å²) >= 11 is 0. The molecule has 0 saturated carbocycles. The maximum absolute atomic E-state index is 12.0. The Labute approximate surface area is 122 Å². The zero-order chi connectivity index (χ0) is 14.8. The highest BCUT2D eigenvalue weighted by Crippen LogP contribution is 2.30. The van der Waals surface area contributed by atoms with Gasteiger partial charge in [0, 0.05) is 12.6 Å². The van der Waals surface area contributed by atoms with Crippen LogP contribution in [0.5, 0.6) is 0 Å². The fourth-order valence-corrected chi connectivity index (χ4v) is 3.58. The molecule has 2 aliphatic rings. The summed E-state index contributed by atoms with van der Waals surface area (Å²) in [5, 5.41) is 17.4. The minimum absolute atomic E-state index is 0.0540. The van der Waals surface area contributed by atoms with Gasteiger partial charge in [-0.15, -0.1) is 0 Å². The van der Waals surface area contributed by atoms with Gasteiger partial charge in [-0.2, -0.15) is 0 Å². The molecule has 21 heavy (non-hydrogen) atoms. The number of nitrogen functional groups attached to an aromatic ring is 1. The summed E-state index contributed by atoms with van der Waals surface area (Å²) in [6.07, 6.45) is 5.98. The number of rotatable bonds is 3. The van der Waals surface area contributed by atoms with Gasteiger partial charge in [0.25, 0.3) is 0 Å². The third-order valence-corrected chi connectivity index (χ3v) is 4.61. The van der Waals surface area contributed by atoms with Crippen LogP contribution in [-0.4, -0.2) is 41.6 Å². The van der Waals surface area contributed by atoms with Gasteiger partial charge in [0.05, 0.1) is 5.16 Å². The van der Waals surface area contributed by atoms with Crippen molar-refractivity contribution < 1.29 is 14.3 Å². The van der Waals surface area contributed by atoms with E-state index in [1.54, 1.807) is 0 Å². The van der Waals surface area contributed by atoms with Crippen LogP contribution in [0.25, 0.3) is 0 Å². The standard InChI is InChI=1S/C13H21N5O3/c14-12-11(18(20)21-16-12)13(19)15-8-9-4-3-7-17-6-2-1-5-10(9)17/h9-10H,1-8H2,(H2,14,16)(H,15,19)/t9-,10-/m0/s1. The molecule has 3 rings (SSSR count).